The van der Waals surface area contributed by atoms with Gasteiger partial charge in [0.1, 0.15) is 22.7 Å². The molecule has 20 heteroatoms. The summed E-state index contributed by atoms with van der Waals surface area (Å²) < 4.78 is 10.7. The number of imidazole rings is 1. The van der Waals surface area contributed by atoms with Crippen LogP contribution in [0.15, 0.2) is 158 Å². The maximum atomic E-state index is 13.0. The molecule has 402 valence electrons. The average Bonchev–Trinajstić information content (AvgIpc) is 4.25. The van der Waals surface area contributed by atoms with Crippen LogP contribution in [0.4, 0.5) is 22.7 Å². The number of ether oxygens (including phenoxy) is 1. The second-order valence-electron chi connectivity index (χ2n) is 19.4. The van der Waals surface area contributed by atoms with Gasteiger partial charge in [0.25, 0.3) is 17.7 Å². The minimum absolute atomic E-state index is 0. The van der Waals surface area contributed by atoms with Crippen molar-refractivity contribution in [1.82, 2.24) is 53.9 Å². The largest absolute Gasteiger partial charge is 0.473 e. The number of fused-ring (bicyclic) bond motifs is 10. The third-order valence-electron chi connectivity index (χ3n) is 13.7. The van der Waals surface area contributed by atoms with Crippen LogP contribution in [0.1, 0.15) is 68.4 Å². The number of rotatable bonds is 9. The number of nitrogens with one attached hydrogen (secondary N) is 4. The zero-order valence-electron chi connectivity index (χ0n) is 44.5. The molecule has 1 saturated carbocycles. The first kappa shape index (κ1) is 53.8. The van der Waals surface area contributed by atoms with Crippen molar-refractivity contribution in [2.45, 2.75) is 45.6 Å². The van der Waals surface area contributed by atoms with Crippen molar-refractivity contribution in [2.24, 2.45) is 26.1 Å². The molecule has 11 aromatic rings. The van der Waals surface area contributed by atoms with Crippen LogP contribution in [0.2, 0.25) is 0 Å². The number of pyridine rings is 6. The van der Waals surface area contributed by atoms with E-state index in [-0.39, 0.29) is 37.9 Å². The number of hydrogen-bond acceptors (Lipinski definition) is 13. The van der Waals surface area contributed by atoms with Gasteiger partial charge in [0.05, 0.1) is 56.7 Å². The summed E-state index contributed by atoms with van der Waals surface area (Å²) in [4.78, 5) is 74.2. The summed E-state index contributed by atoms with van der Waals surface area (Å²) in [5, 5.41) is 15.9. The van der Waals surface area contributed by atoms with E-state index in [9.17, 15) is 14.4 Å². The number of aryl methyl sites for hydroxylation is 5. The summed E-state index contributed by atoms with van der Waals surface area (Å²) in [7, 11) is 5.12. The van der Waals surface area contributed by atoms with Crippen molar-refractivity contribution in [3.8, 4) is 17.1 Å². The molecular weight excluding hydrogens is 1100 g/mol. The van der Waals surface area contributed by atoms with Gasteiger partial charge in [-0.3, -0.25) is 49.3 Å². The first-order chi connectivity index (χ1) is 38.4. The molecule has 1 aliphatic heterocycles. The molecule has 1 aliphatic carbocycles. The van der Waals surface area contributed by atoms with Gasteiger partial charge in [0.15, 0.2) is 12.6 Å². The Morgan fingerprint density at radius 2 is 1.18 bits per heavy atom. The molecule has 1 fully saturated rings. The van der Waals surface area contributed by atoms with Crippen LogP contribution in [0.5, 0.6) is 5.75 Å². The molecule has 19 nitrogen and oxygen atoms in total. The average molecular weight is 1150 g/mol. The number of carbonyl (C=O) groups is 3. The van der Waals surface area contributed by atoms with Crippen LogP contribution in [0.3, 0.4) is 0 Å². The van der Waals surface area contributed by atoms with E-state index in [1.807, 2.05) is 91.5 Å². The van der Waals surface area contributed by atoms with E-state index in [0.717, 1.165) is 67.3 Å². The van der Waals surface area contributed by atoms with Crippen molar-refractivity contribution in [3.63, 3.8) is 0 Å². The summed E-state index contributed by atoms with van der Waals surface area (Å²) in [6.07, 6.45) is 22.0. The number of amides is 3. The van der Waals surface area contributed by atoms with Crippen LogP contribution in [-0.2, 0) is 40.6 Å². The number of nitrogens with zero attached hydrogens (tertiary/aromatic N) is 11. The Labute approximate surface area is 472 Å². The van der Waals surface area contributed by atoms with Gasteiger partial charge >= 0.3 is 0 Å². The summed E-state index contributed by atoms with van der Waals surface area (Å²) in [6.45, 7) is 4.03. The topological polar surface area (TPSA) is 226 Å². The van der Waals surface area contributed by atoms with Gasteiger partial charge in [-0.15, -0.1) is 0 Å². The zero-order chi connectivity index (χ0) is 54.6. The fourth-order valence-electron chi connectivity index (χ4n) is 9.88. The van der Waals surface area contributed by atoms with Crippen molar-refractivity contribution < 1.29 is 38.6 Å². The minimum atomic E-state index is -0.410. The molecule has 9 aromatic heterocycles. The van der Waals surface area contributed by atoms with Gasteiger partial charge in [-0.25, -0.2) is 4.98 Å². The molecule has 80 heavy (non-hydrogen) atoms. The zero-order valence-corrected chi connectivity index (χ0v) is 46.2. The van der Waals surface area contributed by atoms with Gasteiger partial charge in [-0.05, 0) is 129 Å². The van der Waals surface area contributed by atoms with E-state index in [1.165, 1.54) is 42.3 Å². The minimum Gasteiger partial charge on any atom is -0.473 e. The summed E-state index contributed by atoms with van der Waals surface area (Å²) in [6, 6.07) is 29.1. The quantitative estimate of drug-likeness (QED) is 0.0602. The maximum Gasteiger partial charge on any atom is 0.291 e. The second-order valence-corrected chi connectivity index (χ2v) is 19.4. The Bertz CT molecular complexity index is 4120. The fourth-order valence-corrected chi connectivity index (χ4v) is 9.88. The molecule has 3 amide bonds. The van der Waals surface area contributed by atoms with E-state index in [0.29, 0.717) is 40.1 Å². The molecular formula is C60H55N15O4Ru. The van der Waals surface area contributed by atoms with Crippen LogP contribution in [0.25, 0.3) is 55.0 Å². The third kappa shape index (κ3) is 11.4. The SMILES string of the molecule is Cc1ccnc(-c2cc(C)ccn2)c1.Cn1cc(NC(=O)c2cc(NC(=O)c3nccn3C)cn2C)cc1C(=O)NCOc1cc2cccnc2c2ncccc12.[Ru].c1cnc2c(c1)c1c(c3cccnc32)NC2CCCCC2=N1. The summed E-state index contributed by atoms with van der Waals surface area (Å²) >= 11 is 0. The van der Waals surface area contributed by atoms with Crippen molar-refractivity contribution in [3.05, 3.63) is 181 Å². The molecule has 0 saturated heterocycles. The molecule has 10 heterocycles. The smallest absolute Gasteiger partial charge is 0.291 e. The molecule has 0 spiro atoms. The van der Waals surface area contributed by atoms with E-state index >= 15 is 0 Å². The van der Waals surface area contributed by atoms with E-state index < -0.39 is 11.8 Å². The molecule has 0 bridgehead atoms. The Morgan fingerprint density at radius 3 is 1.81 bits per heavy atom. The first-order valence-corrected chi connectivity index (χ1v) is 25.8. The molecule has 4 N–H and O–H groups in total. The molecule has 0 radical (unpaired) electrons. The van der Waals surface area contributed by atoms with Crippen LogP contribution < -0.4 is 26.0 Å². The number of anilines is 3. The van der Waals surface area contributed by atoms with Crippen LogP contribution in [-0.4, -0.2) is 84.8 Å². The second kappa shape index (κ2) is 23.6. The van der Waals surface area contributed by atoms with Gasteiger partial charge in [-0.1, -0.05) is 12.5 Å². The number of carbonyl (C=O) groups excluding carboxylic acids is 3. The molecule has 2 aromatic carbocycles. The normalized spacial score (nSPS) is 13.3. The summed E-state index contributed by atoms with van der Waals surface area (Å²) in [5.41, 5.74) is 12.6. The standard InChI is InChI=1S/C30H27N9O4.C18H16N4.C12H12N2.Ru/c1-37-11-10-33-27(37)30(42)36-20-14-23(39(3)16-20)29(41)35-19-13-22(38(2)15-19)28(40)34-17-43-24-12-18-6-4-8-31-25(18)26-21(24)7-5-9-32-26;1-2-8-14-13(7-1)21-17-11-5-3-9-19-15(11)16-12(18(17)22-14)6-4-10-20-16;1-9-3-5-13-11(7-9)12-8-10(2)4-6-14-12;/h4-16H,17H2,1-3H3,(H,34,40)(H,35,41)(H,36,42);3-6,9-10,13,21H,1-2,7-8H2;3-8H,1-2H3;. The van der Waals surface area contributed by atoms with Crippen LogP contribution >= 0.6 is 0 Å². The van der Waals surface area contributed by atoms with Gasteiger partial charge in [0, 0.05) is 130 Å². The molecule has 13 rings (SSSR count). The molecule has 1 unspecified atom stereocenters. The monoisotopic (exact) mass is 1150 g/mol. The predicted octanol–water partition coefficient (Wildman–Crippen LogP) is 10.4. The fraction of sp³-hybridized carbons (Fsp3) is 0.183. The van der Waals surface area contributed by atoms with Gasteiger partial charge < -0.3 is 39.7 Å². The predicted molar refractivity (Wildman–Crippen MR) is 307 cm³/mol. The van der Waals surface area contributed by atoms with Crippen molar-refractivity contribution in [2.75, 3.05) is 22.7 Å². The molecule has 1 atom stereocenters. The number of benzene rings is 2. The van der Waals surface area contributed by atoms with Gasteiger partial charge in [0.2, 0.25) is 0 Å². The molecule has 2 aliphatic rings. The van der Waals surface area contributed by atoms with Crippen molar-refractivity contribution in [1.29, 1.82) is 0 Å². The summed E-state index contributed by atoms with van der Waals surface area (Å²) in [5.74, 6) is -0.370. The van der Waals surface area contributed by atoms with Gasteiger partial charge in [-0.2, -0.15) is 0 Å². The Balaban J connectivity index is 0.000000160. The number of aliphatic imine (C=N–C) groups is 1. The van der Waals surface area contributed by atoms with E-state index in [1.54, 1.807) is 78.0 Å². The third-order valence-corrected chi connectivity index (χ3v) is 13.7. The Kier molecular flexibility index (Phi) is 15.9. The maximum absolute atomic E-state index is 13.0. The van der Waals surface area contributed by atoms with Crippen LogP contribution in [0, 0.1) is 13.8 Å². The number of aromatic nitrogens is 10. The van der Waals surface area contributed by atoms with E-state index in [2.05, 4.69) is 82.1 Å². The van der Waals surface area contributed by atoms with Crippen molar-refractivity contribution >= 4 is 89.8 Å². The van der Waals surface area contributed by atoms with E-state index in [4.69, 9.17) is 9.73 Å². The first-order valence-electron chi connectivity index (χ1n) is 25.8. The Hall–Kier alpha value is -9.55. The number of hydrogen-bond donors (Lipinski definition) is 4. The Morgan fingerprint density at radius 1 is 0.600 bits per heavy atom.